The number of carbonyl (C=O) groups excluding carboxylic acids is 1. The summed E-state index contributed by atoms with van der Waals surface area (Å²) in [6, 6.07) is 0. The number of rotatable bonds is 2. The highest BCUT2D eigenvalue weighted by Gasteiger charge is 2.74. The maximum atomic E-state index is 13.6. The van der Waals surface area contributed by atoms with Gasteiger partial charge in [-0.05, 0) is 35.5 Å². The SMILES string of the molecule is CC1(C)[C@@H]2CC[C@@]1(C)C(=O)/C2=C(/[O-])C(F)(F)C(F)(F)C(F)(F)F. The number of hydrogen-bond acceptors (Lipinski definition) is 2. The summed E-state index contributed by atoms with van der Waals surface area (Å²) in [7, 11) is 0. The smallest absolute Gasteiger partial charge is 0.460 e. The summed E-state index contributed by atoms with van der Waals surface area (Å²) in [5.74, 6) is -17.4. The number of halogens is 7. The zero-order chi connectivity index (χ0) is 18.2. The van der Waals surface area contributed by atoms with Gasteiger partial charge in [0, 0.05) is 5.41 Å². The number of fused-ring (bicyclic) bond motifs is 2. The lowest BCUT2D eigenvalue weighted by molar-refractivity contribution is -0.406. The lowest BCUT2D eigenvalue weighted by Crippen LogP contribution is -2.55. The van der Waals surface area contributed by atoms with E-state index in [-0.39, 0.29) is 12.8 Å². The van der Waals surface area contributed by atoms with Crippen LogP contribution in [0.5, 0.6) is 0 Å². The van der Waals surface area contributed by atoms with Crippen LogP contribution in [0.4, 0.5) is 30.7 Å². The average Bonchev–Trinajstić information content (AvgIpc) is 2.68. The van der Waals surface area contributed by atoms with E-state index in [1.807, 2.05) is 0 Å². The van der Waals surface area contributed by atoms with Gasteiger partial charge in [-0.25, -0.2) is 0 Å². The zero-order valence-corrected chi connectivity index (χ0v) is 12.5. The van der Waals surface area contributed by atoms with Gasteiger partial charge in [-0.2, -0.15) is 30.7 Å². The molecule has 132 valence electrons. The molecule has 2 bridgehead atoms. The van der Waals surface area contributed by atoms with Gasteiger partial charge in [-0.15, -0.1) is 0 Å². The van der Waals surface area contributed by atoms with Crippen molar-refractivity contribution in [2.24, 2.45) is 16.7 Å². The fraction of sp³-hybridized carbons (Fsp3) is 0.786. The van der Waals surface area contributed by atoms with Crippen LogP contribution in [-0.2, 0) is 4.79 Å². The number of hydrogen-bond donors (Lipinski definition) is 0. The van der Waals surface area contributed by atoms with E-state index in [0.29, 0.717) is 0 Å². The first-order valence-corrected chi connectivity index (χ1v) is 6.82. The van der Waals surface area contributed by atoms with Crippen molar-refractivity contribution in [1.29, 1.82) is 0 Å². The lowest BCUT2D eigenvalue weighted by Gasteiger charge is -2.35. The summed E-state index contributed by atoms with van der Waals surface area (Å²) < 4.78 is 90.0. The summed E-state index contributed by atoms with van der Waals surface area (Å²) >= 11 is 0. The lowest BCUT2D eigenvalue weighted by atomic mass is 9.70. The minimum atomic E-state index is -6.60. The maximum Gasteiger partial charge on any atom is 0.460 e. The molecule has 2 rings (SSSR count). The first-order chi connectivity index (χ1) is 10.0. The van der Waals surface area contributed by atoms with Crippen LogP contribution in [0, 0.1) is 16.7 Å². The standard InChI is InChI=1S/C14H15F7O2/c1-10(2)6-4-5-11(10,3)8(22)7(6)9(23)12(15,16)13(17,18)14(19,20)21/h6,23H,4-5H2,1-3H3/p-1/b9-7+/t6-,11+/m1/s1. The van der Waals surface area contributed by atoms with Crippen molar-refractivity contribution in [1.82, 2.24) is 0 Å². The van der Waals surface area contributed by atoms with Gasteiger partial charge < -0.3 is 5.11 Å². The van der Waals surface area contributed by atoms with Crippen molar-refractivity contribution in [3.05, 3.63) is 11.3 Å². The van der Waals surface area contributed by atoms with Crippen molar-refractivity contribution in [2.45, 2.75) is 51.6 Å². The Morgan fingerprint density at radius 2 is 1.57 bits per heavy atom. The van der Waals surface area contributed by atoms with E-state index in [4.69, 9.17) is 0 Å². The molecule has 0 saturated heterocycles. The van der Waals surface area contributed by atoms with Crippen molar-refractivity contribution >= 4 is 5.78 Å². The van der Waals surface area contributed by atoms with E-state index in [0.717, 1.165) is 0 Å². The van der Waals surface area contributed by atoms with E-state index in [1.165, 1.54) is 20.8 Å². The molecule has 9 heteroatoms. The van der Waals surface area contributed by atoms with Gasteiger partial charge in [-0.3, -0.25) is 4.79 Å². The maximum absolute atomic E-state index is 13.6. The molecule has 0 aromatic heterocycles. The van der Waals surface area contributed by atoms with Crippen LogP contribution in [0.15, 0.2) is 11.3 Å². The quantitative estimate of drug-likeness (QED) is 0.436. The Morgan fingerprint density at radius 3 is 1.91 bits per heavy atom. The molecule has 2 aliphatic rings. The Hall–Kier alpha value is -1.28. The van der Waals surface area contributed by atoms with Gasteiger partial charge in [0.2, 0.25) is 0 Å². The van der Waals surface area contributed by atoms with Crippen LogP contribution in [0.2, 0.25) is 0 Å². The molecule has 2 nitrogen and oxygen atoms in total. The summed E-state index contributed by atoms with van der Waals surface area (Å²) in [4.78, 5) is 12.3. The first kappa shape index (κ1) is 18.1. The molecule has 2 atom stereocenters. The van der Waals surface area contributed by atoms with Crippen LogP contribution in [0.3, 0.4) is 0 Å². The summed E-state index contributed by atoms with van der Waals surface area (Å²) in [6.45, 7) is 4.45. The number of carbonyl (C=O) groups is 1. The van der Waals surface area contributed by atoms with E-state index >= 15 is 0 Å². The molecule has 0 aliphatic heterocycles. The Labute approximate surface area is 127 Å². The monoisotopic (exact) mass is 347 g/mol. The van der Waals surface area contributed by atoms with Crippen LogP contribution in [-0.4, -0.2) is 23.8 Å². The van der Waals surface area contributed by atoms with Gasteiger partial charge in [0.1, 0.15) is 0 Å². The summed E-state index contributed by atoms with van der Waals surface area (Å²) in [5, 5.41) is 11.8. The molecule has 0 heterocycles. The normalized spacial score (nSPS) is 33.3. The largest absolute Gasteiger partial charge is 0.871 e. The van der Waals surface area contributed by atoms with E-state index in [2.05, 4.69) is 0 Å². The van der Waals surface area contributed by atoms with Crippen LogP contribution >= 0.6 is 0 Å². The van der Waals surface area contributed by atoms with Crippen LogP contribution in [0.1, 0.15) is 33.6 Å². The van der Waals surface area contributed by atoms with Crippen LogP contribution < -0.4 is 5.11 Å². The number of alkyl halides is 7. The fourth-order valence-corrected chi connectivity index (χ4v) is 3.62. The third-order valence-corrected chi connectivity index (χ3v) is 5.60. The summed E-state index contributed by atoms with van der Waals surface area (Å²) in [6.07, 6.45) is -6.22. The van der Waals surface area contributed by atoms with Crippen molar-refractivity contribution in [2.75, 3.05) is 0 Å². The molecule has 0 unspecified atom stereocenters. The Bertz CT molecular complexity index is 588. The Kier molecular flexibility index (Phi) is 3.47. The third-order valence-electron chi connectivity index (χ3n) is 5.60. The van der Waals surface area contributed by atoms with Gasteiger partial charge in [0.25, 0.3) is 0 Å². The molecule has 23 heavy (non-hydrogen) atoms. The van der Waals surface area contributed by atoms with Crippen LogP contribution in [0.25, 0.3) is 0 Å². The topological polar surface area (TPSA) is 40.1 Å². The summed E-state index contributed by atoms with van der Waals surface area (Å²) in [5.41, 5.74) is -3.29. The predicted molar refractivity (Wildman–Crippen MR) is 62.6 cm³/mol. The minimum absolute atomic E-state index is 0.115. The highest BCUT2D eigenvalue weighted by atomic mass is 19.4. The van der Waals surface area contributed by atoms with E-state index in [1.54, 1.807) is 0 Å². The van der Waals surface area contributed by atoms with Gasteiger partial charge in [-0.1, -0.05) is 20.8 Å². The number of ketones is 1. The minimum Gasteiger partial charge on any atom is -0.871 e. The second kappa shape index (κ2) is 4.42. The molecule has 0 N–H and O–H groups in total. The molecule has 2 aliphatic carbocycles. The molecule has 0 aromatic rings. The van der Waals surface area contributed by atoms with E-state index < -0.39 is 51.9 Å². The molecular formula is C14H14F7O2-. The molecular weight excluding hydrogens is 333 g/mol. The Balaban J connectivity index is 2.62. The second-order valence-corrected chi connectivity index (χ2v) is 6.86. The van der Waals surface area contributed by atoms with Gasteiger partial charge >= 0.3 is 18.0 Å². The molecule has 0 amide bonds. The number of allylic oxidation sites excluding steroid dienone is 2. The molecule has 0 aromatic carbocycles. The van der Waals surface area contributed by atoms with Crippen molar-refractivity contribution in [3.8, 4) is 0 Å². The Morgan fingerprint density at radius 1 is 1.09 bits per heavy atom. The third kappa shape index (κ3) is 1.91. The second-order valence-electron chi connectivity index (χ2n) is 6.86. The fourth-order valence-electron chi connectivity index (χ4n) is 3.62. The average molecular weight is 347 g/mol. The van der Waals surface area contributed by atoms with Crippen molar-refractivity contribution in [3.63, 3.8) is 0 Å². The van der Waals surface area contributed by atoms with Crippen molar-refractivity contribution < 1.29 is 40.6 Å². The highest BCUT2D eigenvalue weighted by molar-refractivity contribution is 6.05. The molecule has 0 spiro atoms. The molecule has 2 fully saturated rings. The highest BCUT2D eigenvalue weighted by Crippen LogP contribution is 2.66. The van der Waals surface area contributed by atoms with Gasteiger partial charge in [0.05, 0.1) is 0 Å². The van der Waals surface area contributed by atoms with Gasteiger partial charge in [0.15, 0.2) is 5.78 Å². The molecule has 2 saturated carbocycles. The first-order valence-electron chi connectivity index (χ1n) is 6.82. The predicted octanol–water partition coefficient (Wildman–Crippen LogP) is 3.46. The zero-order valence-electron chi connectivity index (χ0n) is 12.5. The van der Waals surface area contributed by atoms with E-state index in [9.17, 15) is 40.6 Å². The number of Topliss-reactive ketones (excluding diaryl/α,β-unsaturated/α-hetero) is 1. The molecule has 0 radical (unpaired) electrons.